The highest BCUT2D eigenvalue weighted by Gasteiger charge is 2.67. The minimum absolute atomic E-state index is 1.14. The van der Waals surface area contributed by atoms with E-state index in [4.69, 9.17) is 4.55 Å². The van der Waals surface area contributed by atoms with Crippen LogP contribution >= 0.6 is 0 Å². The Bertz CT molecular complexity index is 745. The zero-order valence-electron chi connectivity index (χ0n) is 15.4. The number of carbonyl (C=O) groups is 2. The molecule has 0 heterocycles. The van der Waals surface area contributed by atoms with Crippen molar-refractivity contribution in [3.8, 4) is 0 Å². The van der Waals surface area contributed by atoms with Gasteiger partial charge in [-0.05, 0) is 20.8 Å². The molecule has 170 valence electrons. The fourth-order valence-electron chi connectivity index (χ4n) is 1.53. The molecule has 0 aromatic rings. The van der Waals surface area contributed by atoms with Crippen molar-refractivity contribution in [3.05, 3.63) is 12.2 Å². The smallest absolute Gasteiger partial charge is 0.412 e. The molecular formula is C14H19F6NO7S. The molecule has 15 heteroatoms. The molecule has 0 bridgehead atoms. The fourth-order valence-corrected chi connectivity index (χ4v) is 1.87. The van der Waals surface area contributed by atoms with Crippen LogP contribution in [-0.4, -0.2) is 60.9 Å². The van der Waals surface area contributed by atoms with E-state index in [0.29, 0.717) is 0 Å². The summed E-state index contributed by atoms with van der Waals surface area (Å²) in [6, 6.07) is 0. The molecule has 0 spiro atoms. The monoisotopic (exact) mass is 459 g/mol. The Morgan fingerprint density at radius 2 is 1.59 bits per heavy atom. The Balaban J connectivity index is 6.08. The van der Waals surface area contributed by atoms with Crippen molar-refractivity contribution in [3.63, 3.8) is 0 Å². The Labute approximate surface area is 162 Å². The molecule has 2 N–H and O–H groups in total. The maximum atomic E-state index is 13.6. The molecule has 0 rings (SSSR count). The summed E-state index contributed by atoms with van der Waals surface area (Å²) in [6.07, 6.45) is -7.91. The van der Waals surface area contributed by atoms with E-state index >= 15 is 0 Å². The second kappa shape index (κ2) is 8.87. The van der Waals surface area contributed by atoms with E-state index < -0.39 is 70.0 Å². The maximum absolute atomic E-state index is 13.6. The third kappa shape index (κ3) is 7.15. The van der Waals surface area contributed by atoms with Crippen LogP contribution in [0.1, 0.15) is 27.2 Å². The first-order valence-electron chi connectivity index (χ1n) is 7.55. The second-order valence-electron chi connectivity index (χ2n) is 6.66. The normalized spacial score (nSPS) is 15.4. The van der Waals surface area contributed by atoms with E-state index in [1.54, 1.807) is 5.32 Å². The lowest BCUT2D eigenvalue weighted by Crippen LogP contribution is -2.64. The molecule has 0 aliphatic carbocycles. The van der Waals surface area contributed by atoms with Gasteiger partial charge in [-0.25, -0.2) is 9.18 Å². The number of nitrogens with one attached hydrogen (secondary N) is 1. The van der Waals surface area contributed by atoms with Crippen molar-refractivity contribution in [1.29, 1.82) is 0 Å². The summed E-state index contributed by atoms with van der Waals surface area (Å²) in [7, 11) is -6.01. The van der Waals surface area contributed by atoms with E-state index in [0.717, 1.165) is 0 Å². The summed E-state index contributed by atoms with van der Waals surface area (Å²) >= 11 is 0. The topological polar surface area (TPSA) is 119 Å². The predicted octanol–water partition coefficient (Wildman–Crippen LogP) is 2.12. The number of alkyl halides is 6. The van der Waals surface area contributed by atoms with Crippen molar-refractivity contribution in [2.45, 2.75) is 49.9 Å². The molecule has 29 heavy (non-hydrogen) atoms. The summed E-state index contributed by atoms with van der Waals surface area (Å²) in [6.45, 7) is 2.98. The van der Waals surface area contributed by atoms with Crippen molar-refractivity contribution in [1.82, 2.24) is 5.32 Å². The number of esters is 1. The summed E-state index contributed by atoms with van der Waals surface area (Å²) in [5.74, 6) is -8.76. The second-order valence-corrected chi connectivity index (χ2v) is 8.20. The van der Waals surface area contributed by atoms with Gasteiger partial charge in [0.25, 0.3) is 0 Å². The van der Waals surface area contributed by atoms with Gasteiger partial charge in [0.05, 0.1) is 18.6 Å². The van der Waals surface area contributed by atoms with Gasteiger partial charge in [-0.15, -0.1) is 0 Å². The van der Waals surface area contributed by atoms with Crippen molar-refractivity contribution >= 4 is 22.0 Å². The average molecular weight is 459 g/mol. The van der Waals surface area contributed by atoms with Crippen LogP contribution in [0.25, 0.3) is 0 Å². The first kappa shape index (κ1) is 27.1. The van der Waals surface area contributed by atoms with E-state index in [2.05, 4.69) is 16.1 Å². The van der Waals surface area contributed by atoms with E-state index in [-0.39, 0.29) is 0 Å². The first-order valence-corrected chi connectivity index (χ1v) is 8.99. The molecule has 0 aliphatic rings. The molecule has 0 saturated heterocycles. The minimum Gasteiger partial charge on any atom is -0.412 e. The lowest BCUT2D eigenvalue weighted by atomic mass is 10.1. The molecule has 1 amide bonds. The lowest BCUT2D eigenvalue weighted by molar-refractivity contribution is -0.348. The number of hydrogen-bond acceptors (Lipinski definition) is 6. The SMILES string of the molecule is C=C(CF)C(=O)OC(OCCC(F)(F)S(=O)(=O)O)(C(=O)NC(C)(C)C)C(F)(F)F. The number of hydrogen-bond donors (Lipinski definition) is 2. The summed E-state index contributed by atoms with van der Waals surface area (Å²) < 4.78 is 117. The van der Waals surface area contributed by atoms with E-state index in [1.165, 1.54) is 20.8 Å². The van der Waals surface area contributed by atoms with Gasteiger partial charge >= 0.3 is 39.2 Å². The van der Waals surface area contributed by atoms with Crippen LogP contribution in [0, 0.1) is 0 Å². The number of carbonyl (C=O) groups excluding carboxylic acids is 2. The summed E-state index contributed by atoms with van der Waals surface area (Å²) in [5.41, 5.74) is -2.51. The van der Waals surface area contributed by atoms with E-state index in [9.17, 15) is 44.3 Å². The summed E-state index contributed by atoms with van der Waals surface area (Å²) in [4.78, 5) is 23.8. The number of ether oxygens (including phenoxy) is 2. The van der Waals surface area contributed by atoms with Gasteiger partial charge in [0.1, 0.15) is 6.67 Å². The highest BCUT2D eigenvalue weighted by Crippen LogP contribution is 2.37. The van der Waals surface area contributed by atoms with Gasteiger partial charge in [0.2, 0.25) is 0 Å². The Morgan fingerprint density at radius 1 is 1.10 bits per heavy atom. The van der Waals surface area contributed by atoms with Crippen LogP contribution in [0.2, 0.25) is 0 Å². The van der Waals surface area contributed by atoms with Gasteiger partial charge in [-0.2, -0.15) is 30.4 Å². The molecule has 1 atom stereocenters. The molecule has 0 saturated carbocycles. The molecule has 0 aromatic heterocycles. The zero-order valence-corrected chi connectivity index (χ0v) is 16.2. The molecule has 0 radical (unpaired) electrons. The van der Waals surface area contributed by atoms with Gasteiger partial charge in [-0.3, -0.25) is 9.35 Å². The Hall–Kier alpha value is -1.87. The molecule has 0 fully saturated rings. The average Bonchev–Trinajstić information content (AvgIpc) is 2.48. The van der Waals surface area contributed by atoms with Crippen molar-refractivity contribution in [2.24, 2.45) is 0 Å². The predicted molar refractivity (Wildman–Crippen MR) is 85.0 cm³/mol. The standard InChI is InChI=1S/C14H19F6NO7S/c1-8(7-15)9(22)28-13(14(18,19)20,10(23)21-11(2,3)4)27-6-5-12(16,17)29(24,25)26/h1,5-7H2,2-4H3,(H,21,23)(H,24,25,26). The zero-order chi connectivity index (χ0) is 23.5. The van der Waals surface area contributed by atoms with Crippen molar-refractivity contribution < 1.29 is 58.4 Å². The highest BCUT2D eigenvalue weighted by atomic mass is 32.2. The van der Waals surface area contributed by atoms with Crippen LogP contribution < -0.4 is 5.32 Å². The molecule has 0 aromatic carbocycles. The quantitative estimate of drug-likeness (QED) is 0.178. The van der Waals surface area contributed by atoms with Crippen LogP contribution in [0.3, 0.4) is 0 Å². The van der Waals surface area contributed by atoms with E-state index in [1.807, 2.05) is 0 Å². The molecule has 0 aliphatic heterocycles. The molecule has 8 nitrogen and oxygen atoms in total. The van der Waals surface area contributed by atoms with Gasteiger partial charge in [-0.1, -0.05) is 6.58 Å². The van der Waals surface area contributed by atoms with Crippen LogP contribution in [0.15, 0.2) is 12.2 Å². The van der Waals surface area contributed by atoms with Crippen LogP contribution in [0.4, 0.5) is 26.3 Å². The lowest BCUT2D eigenvalue weighted by Gasteiger charge is -2.35. The third-order valence-corrected chi connectivity index (χ3v) is 3.88. The van der Waals surface area contributed by atoms with Crippen LogP contribution in [-0.2, 0) is 29.2 Å². The summed E-state index contributed by atoms with van der Waals surface area (Å²) in [5, 5.41) is -3.17. The Kier molecular flexibility index (Phi) is 8.30. The number of amides is 1. The van der Waals surface area contributed by atoms with Gasteiger partial charge in [0.15, 0.2) is 0 Å². The molecule has 1 unspecified atom stereocenters. The van der Waals surface area contributed by atoms with Crippen LogP contribution in [0.5, 0.6) is 0 Å². The largest absolute Gasteiger partial charge is 0.466 e. The molecular weight excluding hydrogens is 440 g/mol. The first-order chi connectivity index (χ1) is 12.7. The Morgan fingerprint density at radius 3 is 1.93 bits per heavy atom. The van der Waals surface area contributed by atoms with Gasteiger partial charge < -0.3 is 14.8 Å². The van der Waals surface area contributed by atoms with Crippen molar-refractivity contribution in [2.75, 3.05) is 13.3 Å². The third-order valence-electron chi connectivity index (χ3n) is 2.92. The fraction of sp³-hybridized carbons (Fsp3) is 0.714. The number of rotatable bonds is 9. The van der Waals surface area contributed by atoms with Gasteiger partial charge in [0, 0.05) is 5.54 Å². The number of halogens is 6. The minimum atomic E-state index is -6.01. The highest BCUT2D eigenvalue weighted by molar-refractivity contribution is 7.86. The maximum Gasteiger partial charge on any atom is 0.466 e.